The molecule has 1 unspecified atom stereocenters. The molecule has 5 aliphatic rings. The van der Waals surface area contributed by atoms with Crippen LogP contribution < -0.4 is 24.3 Å². The average molecular weight is 1120 g/mol. The minimum atomic E-state index is -0.726. The van der Waals surface area contributed by atoms with Crippen molar-refractivity contribution in [2.24, 2.45) is 9.98 Å². The van der Waals surface area contributed by atoms with Crippen LogP contribution in [0.15, 0.2) is 75.7 Å². The summed E-state index contributed by atoms with van der Waals surface area (Å²) in [7, 11) is 3.08. The van der Waals surface area contributed by atoms with Gasteiger partial charge in [0.15, 0.2) is 23.0 Å². The number of hydrogen-bond donors (Lipinski definition) is 1. The fraction of sp³-hybridized carbons (Fsp3) is 0.483. The molecule has 2 atom stereocenters. The third-order valence-corrected chi connectivity index (χ3v) is 15.4. The normalized spacial score (nSPS) is 18.6. The molecule has 5 heterocycles. The molecular weight excluding hydrogens is 1050 g/mol. The monoisotopic (exact) mass is 1120 g/mol. The number of imide groups is 1. The number of methoxy groups -OCH3 is 2. The van der Waals surface area contributed by atoms with Crippen molar-refractivity contribution in [2.45, 2.75) is 89.8 Å². The highest BCUT2D eigenvalue weighted by Crippen LogP contribution is 2.42. The number of allylic oxidation sites excluding steroid dienone is 2. The van der Waals surface area contributed by atoms with Crippen LogP contribution in [0.25, 0.3) is 0 Å². The molecule has 8 rings (SSSR count). The Kier molecular flexibility index (Phi) is 20.5. The maximum atomic E-state index is 13.8. The number of amides is 5. The lowest BCUT2D eigenvalue weighted by atomic mass is 9.97. The van der Waals surface area contributed by atoms with Gasteiger partial charge in [-0.2, -0.15) is 0 Å². The SMILES string of the molecule is C/C=C1\CC2C=Nc3cc(OCc4cc(COc5cc6c(cc5OC)C(=O)N5C/C(=C/C)C[C@H]5C=N6)cc(C(C)(C)SCC(=O)NCCOCCOCCOCCOCCC(=O)ON5C(=O)CCC5=O)c4)c(OC)cc3C(=O)N2C1. The minimum absolute atomic E-state index is 0.0332. The van der Waals surface area contributed by atoms with Crippen LogP contribution in [0.1, 0.15) is 97.2 Å². The maximum Gasteiger partial charge on any atom is 0.335 e. The number of hydroxylamine groups is 2. The fourth-order valence-electron chi connectivity index (χ4n) is 9.49. The molecule has 0 aromatic heterocycles. The Hall–Kier alpha value is -7.11. The van der Waals surface area contributed by atoms with Crippen LogP contribution in [-0.2, 0) is 60.9 Å². The predicted molar refractivity (Wildman–Crippen MR) is 297 cm³/mol. The first-order valence-corrected chi connectivity index (χ1v) is 27.8. The predicted octanol–water partition coefficient (Wildman–Crippen LogP) is 6.76. The van der Waals surface area contributed by atoms with Crippen molar-refractivity contribution in [3.63, 3.8) is 0 Å². The number of rotatable bonds is 28. The Morgan fingerprint density at radius 3 is 1.60 bits per heavy atom. The molecule has 5 amide bonds. The first kappa shape index (κ1) is 59.0. The summed E-state index contributed by atoms with van der Waals surface area (Å²) in [6.45, 7) is 11.9. The van der Waals surface area contributed by atoms with Crippen molar-refractivity contribution in [3.8, 4) is 23.0 Å². The lowest BCUT2D eigenvalue weighted by Gasteiger charge is -2.26. The second-order valence-electron chi connectivity index (χ2n) is 19.9. The van der Waals surface area contributed by atoms with Gasteiger partial charge in [-0.25, -0.2) is 4.79 Å². The molecule has 5 aliphatic heterocycles. The summed E-state index contributed by atoms with van der Waals surface area (Å²) in [5, 5.41) is 3.44. The summed E-state index contributed by atoms with van der Waals surface area (Å²) in [5.41, 5.74) is 6.81. The maximum absolute atomic E-state index is 13.8. The van der Waals surface area contributed by atoms with Gasteiger partial charge < -0.3 is 57.8 Å². The number of carbonyl (C=O) groups is 6. The largest absolute Gasteiger partial charge is 0.493 e. The third kappa shape index (κ3) is 15.0. The number of hydrogen-bond acceptors (Lipinski definition) is 18. The molecule has 3 fully saturated rings. The van der Waals surface area contributed by atoms with Gasteiger partial charge in [-0.05, 0) is 75.4 Å². The zero-order valence-electron chi connectivity index (χ0n) is 46.2. The molecule has 0 spiro atoms. The second-order valence-corrected chi connectivity index (χ2v) is 21.5. The van der Waals surface area contributed by atoms with Crippen LogP contribution in [0.3, 0.4) is 0 Å². The highest BCUT2D eigenvalue weighted by Gasteiger charge is 2.37. The molecule has 3 saturated heterocycles. The Morgan fingerprint density at radius 1 is 0.650 bits per heavy atom. The summed E-state index contributed by atoms with van der Waals surface area (Å²) in [4.78, 5) is 93.7. The van der Waals surface area contributed by atoms with Gasteiger partial charge in [-0.1, -0.05) is 35.4 Å². The summed E-state index contributed by atoms with van der Waals surface area (Å²) >= 11 is 1.48. The molecule has 3 aromatic carbocycles. The van der Waals surface area contributed by atoms with E-state index in [9.17, 15) is 28.8 Å². The van der Waals surface area contributed by atoms with E-state index < -0.39 is 22.5 Å². The van der Waals surface area contributed by atoms with E-state index in [0.29, 0.717) is 103 Å². The van der Waals surface area contributed by atoms with E-state index in [1.807, 2.05) is 54.3 Å². The van der Waals surface area contributed by atoms with Gasteiger partial charge >= 0.3 is 5.97 Å². The smallest absolute Gasteiger partial charge is 0.335 e. The van der Waals surface area contributed by atoms with E-state index in [4.69, 9.17) is 52.7 Å². The van der Waals surface area contributed by atoms with E-state index in [-0.39, 0.29) is 87.9 Å². The number of ether oxygens (including phenoxy) is 8. The molecule has 80 heavy (non-hydrogen) atoms. The van der Waals surface area contributed by atoms with E-state index >= 15 is 0 Å². The number of thioether (sulfide) groups is 1. The number of benzene rings is 3. The fourth-order valence-corrected chi connectivity index (χ4v) is 10.4. The summed E-state index contributed by atoms with van der Waals surface area (Å²) in [5.74, 6) is -0.363. The van der Waals surface area contributed by atoms with Crippen molar-refractivity contribution in [1.82, 2.24) is 20.2 Å². The molecule has 1 N–H and O–H groups in total. The van der Waals surface area contributed by atoms with Gasteiger partial charge in [0.1, 0.15) is 13.2 Å². The van der Waals surface area contributed by atoms with Crippen LogP contribution in [0, 0.1) is 0 Å². The molecule has 0 radical (unpaired) electrons. The first-order chi connectivity index (χ1) is 38.7. The summed E-state index contributed by atoms with van der Waals surface area (Å²) in [6, 6.07) is 12.7. The van der Waals surface area contributed by atoms with Crippen LogP contribution in [0.4, 0.5) is 11.4 Å². The third-order valence-electron chi connectivity index (χ3n) is 14.1. The van der Waals surface area contributed by atoms with Gasteiger partial charge in [0.2, 0.25) is 5.91 Å². The Bertz CT molecular complexity index is 2770. The average Bonchev–Trinajstić information content (AvgIpc) is 4.17. The molecule has 0 saturated carbocycles. The topological polar surface area (TPSA) is 232 Å². The number of carbonyl (C=O) groups excluding carboxylic acids is 6. The number of nitrogens with zero attached hydrogens (tertiary/aromatic N) is 5. The van der Waals surface area contributed by atoms with Gasteiger partial charge in [0, 0.05) is 61.8 Å². The zero-order chi connectivity index (χ0) is 56.8. The highest BCUT2D eigenvalue weighted by molar-refractivity contribution is 8.00. The molecule has 0 aliphatic carbocycles. The quantitative estimate of drug-likeness (QED) is 0.0449. The van der Waals surface area contributed by atoms with Crippen molar-refractivity contribution >= 4 is 71.1 Å². The molecule has 3 aromatic rings. The van der Waals surface area contributed by atoms with Crippen molar-refractivity contribution < 1.29 is 71.5 Å². The first-order valence-electron chi connectivity index (χ1n) is 26.8. The van der Waals surface area contributed by atoms with Crippen LogP contribution >= 0.6 is 11.8 Å². The van der Waals surface area contributed by atoms with Crippen LogP contribution in [-0.4, -0.2) is 167 Å². The molecule has 0 bridgehead atoms. The van der Waals surface area contributed by atoms with E-state index in [2.05, 4.69) is 31.3 Å². The van der Waals surface area contributed by atoms with Gasteiger partial charge in [0.05, 0.1) is 114 Å². The van der Waals surface area contributed by atoms with Gasteiger partial charge in [0.25, 0.3) is 23.6 Å². The molecule has 428 valence electrons. The van der Waals surface area contributed by atoms with Crippen molar-refractivity contribution in [1.29, 1.82) is 0 Å². The number of nitrogens with one attached hydrogen (secondary N) is 1. The number of fused-ring (bicyclic) bond motifs is 4. The van der Waals surface area contributed by atoms with Crippen molar-refractivity contribution in [3.05, 3.63) is 93.6 Å². The van der Waals surface area contributed by atoms with Crippen molar-refractivity contribution in [2.75, 3.05) is 92.5 Å². The van der Waals surface area contributed by atoms with E-state index in [0.717, 1.165) is 29.5 Å². The minimum Gasteiger partial charge on any atom is -0.493 e. The Balaban J connectivity index is 0.834. The standard InChI is InChI=1S/C58H70N6O15S/c1-7-37-24-42-30-60-46-28-50(48(71-5)26-44(46)56(69)62(42)32-37)77-34-39-21-40(35-78-51-29-47-45(27-49(51)72-6)57(70)63-33-38(8-2)25-43(63)31-61-47)23-41(22-39)58(3,4)80-36-52(65)59-12-14-74-16-18-76-20-19-75-17-15-73-13-11-55(68)79-64-53(66)9-10-54(64)67/h7-8,21-23,26-31,42-43H,9-20,24-25,32-36H2,1-6H3,(H,59,65)/b37-7+,38-8+/t42-,43?/m0/s1. The Morgan fingerprint density at radius 2 is 1.12 bits per heavy atom. The lowest BCUT2D eigenvalue weighted by Crippen LogP contribution is -2.35. The van der Waals surface area contributed by atoms with Crippen LogP contribution in [0.2, 0.25) is 0 Å². The van der Waals surface area contributed by atoms with E-state index in [1.165, 1.54) is 37.1 Å². The zero-order valence-corrected chi connectivity index (χ0v) is 47.0. The highest BCUT2D eigenvalue weighted by atomic mass is 32.2. The van der Waals surface area contributed by atoms with Gasteiger partial charge in [-0.15, -0.1) is 16.8 Å². The van der Waals surface area contributed by atoms with Crippen LogP contribution in [0.5, 0.6) is 23.0 Å². The van der Waals surface area contributed by atoms with E-state index in [1.54, 1.807) is 24.3 Å². The summed E-state index contributed by atoms with van der Waals surface area (Å²) in [6.07, 6.45) is 9.19. The summed E-state index contributed by atoms with van der Waals surface area (Å²) < 4.78 is 46.0. The second kappa shape index (κ2) is 27.9. The molecular formula is C58H70N6O15S. The lowest BCUT2D eigenvalue weighted by molar-refractivity contribution is -0.198. The molecule has 21 nitrogen and oxygen atoms in total. The van der Waals surface area contributed by atoms with Gasteiger partial charge in [-0.3, -0.25) is 34.0 Å². The molecule has 22 heteroatoms. The Labute approximate surface area is 469 Å². The number of aliphatic imine (C=N–C) groups is 2.